The molecule has 0 atom stereocenters. The average Bonchev–Trinajstić information content (AvgIpc) is 3.14. The Hall–Kier alpha value is -6.26. The molecule has 9 rings (SSSR count). The first-order valence-corrected chi connectivity index (χ1v) is 15.4. The molecule has 0 aliphatic heterocycles. The number of fused-ring (bicyclic) bond motifs is 6. The van der Waals surface area contributed by atoms with Gasteiger partial charge in [-0.25, -0.2) is 9.97 Å². The van der Waals surface area contributed by atoms with Crippen molar-refractivity contribution < 1.29 is 0 Å². The lowest BCUT2D eigenvalue weighted by Gasteiger charge is -2.12. The minimum absolute atomic E-state index is 0.835. The highest BCUT2D eigenvalue weighted by molar-refractivity contribution is 6.14. The van der Waals surface area contributed by atoms with E-state index in [0.717, 1.165) is 66.8 Å². The molecule has 0 unspecified atom stereocenters. The summed E-state index contributed by atoms with van der Waals surface area (Å²) in [5.74, 6) is 0. The molecular formula is C42H26N4. The van der Waals surface area contributed by atoms with Crippen molar-refractivity contribution in [1.29, 1.82) is 0 Å². The third-order valence-corrected chi connectivity index (χ3v) is 8.77. The lowest BCUT2D eigenvalue weighted by molar-refractivity contribution is 1.04. The maximum Gasteiger partial charge on any atom is 0.0972 e. The van der Waals surface area contributed by atoms with E-state index in [1.54, 1.807) is 0 Å². The Morgan fingerprint density at radius 1 is 0.304 bits per heavy atom. The van der Waals surface area contributed by atoms with Crippen LogP contribution in [0.2, 0.25) is 0 Å². The molecule has 0 aliphatic carbocycles. The van der Waals surface area contributed by atoms with Crippen LogP contribution in [-0.4, -0.2) is 20.2 Å². The van der Waals surface area contributed by atoms with Crippen LogP contribution in [0.25, 0.3) is 88.4 Å². The zero-order valence-corrected chi connectivity index (χ0v) is 24.8. The maximum absolute atomic E-state index is 5.27. The van der Waals surface area contributed by atoms with Gasteiger partial charge >= 0.3 is 0 Å². The summed E-state index contributed by atoms with van der Waals surface area (Å²) in [6, 6.07) is 54.7. The molecule has 0 aliphatic rings. The number of benzene rings is 6. The summed E-state index contributed by atoms with van der Waals surface area (Å²) in [6.45, 7) is 0. The molecule has 6 aromatic carbocycles. The maximum atomic E-state index is 5.27. The summed E-state index contributed by atoms with van der Waals surface area (Å²) in [4.78, 5) is 10.4. The number of hydrogen-bond acceptors (Lipinski definition) is 4. The van der Waals surface area contributed by atoms with Crippen LogP contribution in [0, 0.1) is 0 Å². The fourth-order valence-electron chi connectivity index (χ4n) is 6.41. The minimum Gasteiger partial charge on any atom is -0.245 e. The summed E-state index contributed by atoms with van der Waals surface area (Å²) in [5, 5.41) is 16.0. The van der Waals surface area contributed by atoms with Gasteiger partial charge in [-0.15, -0.1) is 10.2 Å². The third-order valence-electron chi connectivity index (χ3n) is 8.77. The van der Waals surface area contributed by atoms with Crippen molar-refractivity contribution in [2.24, 2.45) is 0 Å². The predicted molar refractivity (Wildman–Crippen MR) is 189 cm³/mol. The van der Waals surface area contributed by atoms with E-state index in [9.17, 15) is 0 Å². The molecule has 0 N–H and O–H groups in total. The molecule has 9 aromatic rings. The van der Waals surface area contributed by atoms with Gasteiger partial charge in [0.05, 0.1) is 33.8 Å². The van der Waals surface area contributed by atoms with Crippen molar-refractivity contribution in [3.8, 4) is 45.0 Å². The summed E-state index contributed by atoms with van der Waals surface area (Å²) in [6.07, 6.45) is 0. The summed E-state index contributed by atoms with van der Waals surface area (Å²) in [7, 11) is 0. The van der Waals surface area contributed by atoms with E-state index in [4.69, 9.17) is 9.97 Å². The van der Waals surface area contributed by atoms with Gasteiger partial charge in [-0.05, 0) is 51.9 Å². The summed E-state index contributed by atoms with van der Waals surface area (Å²) >= 11 is 0. The van der Waals surface area contributed by atoms with Crippen LogP contribution in [0.1, 0.15) is 0 Å². The zero-order valence-electron chi connectivity index (χ0n) is 24.8. The standard InChI is InChI=1S/C42H26N4/c1-2-8-27(9-3-1)38-24-25-39(46-45-38)29-16-14-28(15-17-29)37-22-20-30-18-19-31-21-23-40(44-42(31)41(30)43-37)36-26-32-10-4-5-11-33(32)34-12-6-7-13-35(34)36/h1-26H. The van der Waals surface area contributed by atoms with Gasteiger partial charge in [0.15, 0.2) is 0 Å². The third kappa shape index (κ3) is 4.47. The second kappa shape index (κ2) is 10.7. The van der Waals surface area contributed by atoms with Crippen LogP contribution >= 0.6 is 0 Å². The van der Waals surface area contributed by atoms with Crippen LogP contribution in [0.4, 0.5) is 0 Å². The number of hydrogen-bond donors (Lipinski definition) is 0. The first-order valence-electron chi connectivity index (χ1n) is 15.4. The average molecular weight is 587 g/mol. The molecule has 4 heteroatoms. The second-order valence-corrected chi connectivity index (χ2v) is 11.5. The zero-order chi connectivity index (χ0) is 30.5. The number of nitrogens with zero attached hydrogens (tertiary/aromatic N) is 4. The van der Waals surface area contributed by atoms with E-state index >= 15 is 0 Å². The highest BCUT2D eigenvalue weighted by Gasteiger charge is 2.13. The highest BCUT2D eigenvalue weighted by atomic mass is 15.1. The largest absolute Gasteiger partial charge is 0.245 e. The molecule has 0 amide bonds. The first-order chi connectivity index (χ1) is 22.8. The number of aromatic nitrogens is 4. The molecule has 0 bridgehead atoms. The second-order valence-electron chi connectivity index (χ2n) is 11.5. The summed E-state index contributed by atoms with van der Waals surface area (Å²) < 4.78 is 0. The van der Waals surface area contributed by atoms with Crippen molar-refractivity contribution in [3.05, 3.63) is 158 Å². The molecule has 3 aromatic heterocycles. The van der Waals surface area contributed by atoms with Gasteiger partial charge in [0, 0.05) is 33.0 Å². The minimum atomic E-state index is 0.835. The number of pyridine rings is 2. The molecule has 0 radical (unpaired) electrons. The smallest absolute Gasteiger partial charge is 0.0972 e. The molecule has 214 valence electrons. The molecule has 3 heterocycles. The molecule has 0 saturated heterocycles. The number of rotatable bonds is 4. The Balaban J connectivity index is 1.11. The van der Waals surface area contributed by atoms with Gasteiger partial charge in [0.1, 0.15) is 0 Å². The van der Waals surface area contributed by atoms with Crippen LogP contribution in [-0.2, 0) is 0 Å². The Kier molecular flexibility index (Phi) is 6.10. The van der Waals surface area contributed by atoms with Crippen molar-refractivity contribution in [2.75, 3.05) is 0 Å². The SMILES string of the molecule is c1ccc(-c2ccc(-c3ccc(-c4ccc5ccc6ccc(-c7cc8ccccc8c8ccccc78)nc6c5n4)cc3)nn2)cc1. The van der Waals surface area contributed by atoms with E-state index in [1.165, 1.54) is 21.5 Å². The molecular weight excluding hydrogens is 560 g/mol. The Morgan fingerprint density at radius 3 is 1.46 bits per heavy atom. The van der Waals surface area contributed by atoms with Gasteiger partial charge in [-0.2, -0.15) is 0 Å². The van der Waals surface area contributed by atoms with E-state index in [2.05, 4.69) is 125 Å². The lowest BCUT2D eigenvalue weighted by Crippen LogP contribution is -1.92. The molecule has 0 fully saturated rings. The topological polar surface area (TPSA) is 51.6 Å². The quantitative estimate of drug-likeness (QED) is 0.193. The van der Waals surface area contributed by atoms with Gasteiger partial charge in [-0.1, -0.05) is 127 Å². The summed E-state index contributed by atoms with van der Waals surface area (Å²) in [5.41, 5.74) is 9.56. The van der Waals surface area contributed by atoms with Crippen LogP contribution < -0.4 is 0 Å². The van der Waals surface area contributed by atoms with E-state index in [1.807, 2.05) is 42.5 Å². The fraction of sp³-hybridized carbons (Fsp3) is 0. The molecule has 0 spiro atoms. The van der Waals surface area contributed by atoms with Gasteiger partial charge in [0.25, 0.3) is 0 Å². The van der Waals surface area contributed by atoms with E-state index < -0.39 is 0 Å². The van der Waals surface area contributed by atoms with Crippen LogP contribution in [0.3, 0.4) is 0 Å². The van der Waals surface area contributed by atoms with Gasteiger partial charge in [-0.3, -0.25) is 0 Å². The van der Waals surface area contributed by atoms with Crippen molar-refractivity contribution in [3.63, 3.8) is 0 Å². The van der Waals surface area contributed by atoms with E-state index in [-0.39, 0.29) is 0 Å². The molecule has 46 heavy (non-hydrogen) atoms. The van der Waals surface area contributed by atoms with Crippen molar-refractivity contribution in [2.45, 2.75) is 0 Å². The Labute approximate surface area is 265 Å². The highest BCUT2D eigenvalue weighted by Crippen LogP contribution is 2.36. The monoisotopic (exact) mass is 586 g/mol. The Bertz CT molecular complexity index is 2560. The molecule has 0 saturated carbocycles. The molecule has 4 nitrogen and oxygen atoms in total. The first kappa shape index (κ1) is 26.2. The van der Waals surface area contributed by atoms with Gasteiger partial charge in [0.2, 0.25) is 0 Å². The van der Waals surface area contributed by atoms with Gasteiger partial charge < -0.3 is 0 Å². The van der Waals surface area contributed by atoms with Crippen molar-refractivity contribution in [1.82, 2.24) is 20.2 Å². The van der Waals surface area contributed by atoms with Crippen molar-refractivity contribution >= 4 is 43.4 Å². The van der Waals surface area contributed by atoms with Crippen LogP contribution in [0.5, 0.6) is 0 Å². The lowest BCUT2D eigenvalue weighted by atomic mass is 9.95. The van der Waals surface area contributed by atoms with Crippen LogP contribution in [0.15, 0.2) is 158 Å². The van der Waals surface area contributed by atoms with E-state index in [0.29, 0.717) is 0 Å². The predicted octanol–water partition coefficient (Wildman–Crippen LogP) is 10.5. The fourth-order valence-corrected chi connectivity index (χ4v) is 6.41. The normalized spacial score (nSPS) is 11.5. The Morgan fingerprint density at radius 2 is 0.783 bits per heavy atom.